The lowest BCUT2D eigenvalue weighted by Gasteiger charge is -2.23. The van der Waals surface area contributed by atoms with Gasteiger partial charge in [-0.25, -0.2) is 14.4 Å². The third-order valence-electron chi connectivity index (χ3n) is 23.4. The van der Waals surface area contributed by atoms with Crippen LogP contribution >= 0.6 is 0 Å². The minimum Gasteiger partial charge on any atom is -0.477 e. The summed E-state index contributed by atoms with van der Waals surface area (Å²) < 4.78 is 128. The van der Waals surface area contributed by atoms with E-state index in [1.807, 2.05) is 61.5 Å². The number of aromatic carboxylic acids is 1. The fourth-order valence-corrected chi connectivity index (χ4v) is 16.6. The number of amides is 10. The number of aromatic amines is 4. The van der Waals surface area contributed by atoms with Crippen molar-refractivity contribution in [3.05, 3.63) is 120 Å². The number of fused-ring (bicyclic) bond motifs is 4. The van der Waals surface area contributed by atoms with E-state index in [2.05, 4.69) is 86.7 Å². The van der Waals surface area contributed by atoms with Crippen LogP contribution in [0.25, 0.3) is 43.6 Å². The molecule has 0 bridgehead atoms. The van der Waals surface area contributed by atoms with Gasteiger partial charge in [-0.1, -0.05) is 79.7 Å². The zero-order valence-electron chi connectivity index (χ0n) is 79.7. The van der Waals surface area contributed by atoms with Crippen LogP contribution in [0.2, 0.25) is 0 Å². The number of carbonyl (C=O) groups excluding carboxylic acids is 14. The van der Waals surface area contributed by atoms with Gasteiger partial charge in [0.05, 0.1) is 37.7 Å². The van der Waals surface area contributed by atoms with Crippen molar-refractivity contribution in [1.82, 2.24) is 67.8 Å². The standard InChI is InChI=1S/C25H31F2N3O6.C24H30F2N4O5.C23H27F2N5O4.C14H25N3O4.C10H7F2NO3/c1-13(2)9-15(23(33)30-19(24(34)35-3)10-14-7-8-28-22(14)32)11-20(31)18-12-16-17(29-18)5-4-6-21(16)36-25(26)27;1-12(2)8-14(23(34)30-18(21(27)32)9-13-6-7-28-22(13)33)10-19(31)17-11-15-16(29-17)4-3-5-20(15)35-24(25)26;1-12(2)8-17(21(32)28-14(11-26)9-13-6-7-27-20(13)31)30-22(33)18-10-15-16(29-18)4-3-5-19(15)34-23(24)25;1-8(2)6-10(15)13(19)17-11(14(20)21-3)7-9-4-5-16-12(9)18;11-10(12)16-8-3-1-2-6-5(8)4-7(13-6)9(14)15/h4-6,12-15,19,25,29H,7-11H2,1-3H3,(H,28,32)(H,30,33);3-5,11-14,18,24,29H,6-10H2,1-2H3,(H2,27,32)(H,28,33)(H,30,34);3-5,10,12-14,17,23,29H,6-9H2,1-2H3,(H,27,31)(H,28,32)(H,30,33);8-11H,4-7,15H2,1-3H3,(H,16,18)(H,17,19);1-4,10,13H,(H,14,15)/t14-,15+,19-;13-,14+,18-;13-,14-,17-;9-,10-,11-;/m0000./s1. The number of rotatable bonds is 44. The van der Waals surface area contributed by atoms with Crippen molar-refractivity contribution < 1.29 is 141 Å². The number of ketones is 2. The first-order chi connectivity index (χ1) is 67.2. The van der Waals surface area contributed by atoms with E-state index in [0.717, 1.165) is 0 Å². The third-order valence-corrected chi connectivity index (χ3v) is 23.4. The molecule has 4 aliphatic heterocycles. The molecule has 0 unspecified atom stereocenters. The number of methoxy groups -OCH3 is 2. The van der Waals surface area contributed by atoms with Gasteiger partial charge in [-0.15, -0.1) is 0 Å². The predicted molar refractivity (Wildman–Crippen MR) is 498 cm³/mol. The van der Waals surface area contributed by atoms with Crippen molar-refractivity contribution in [1.29, 1.82) is 5.26 Å². The topological polar surface area (TPSA) is 579 Å². The van der Waals surface area contributed by atoms with Crippen molar-refractivity contribution >= 4 is 132 Å². The molecule has 8 heterocycles. The number of carbonyl (C=O) groups is 15. The predicted octanol–water partition coefficient (Wildman–Crippen LogP) is 10.1. The van der Waals surface area contributed by atoms with E-state index < -0.39 is 146 Å². The van der Waals surface area contributed by atoms with Gasteiger partial charge in [0, 0.05) is 118 Å². The SMILES string of the molecule is CC(C)C[C@H](CC(=O)c1cc2c(OC(F)F)cccc2[nH]1)C(=O)N[C@@H](C[C@@H]1CCNC1=O)C(N)=O.CC(C)C[C@H](NC(=O)c1cc2c(OC(F)F)cccc2[nH]1)C(=O)N[C@H](C#N)C[C@@H]1CCNC1=O.COC(=O)[C@H](C[C@@H]1CCNC1=O)NC(=O)[C@@H](CC(=O)c1cc2c(OC(F)F)cccc2[nH]1)CC(C)C.COC(=O)[C@H](C[C@@H]1CCNC1=O)NC(=O)[C@@H](N)CC(C)C.O=C(O)c1cc2c(OC(F)F)cccc2[nH]1. The minimum atomic E-state index is -3.01. The summed E-state index contributed by atoms with van der Waals surface area (Å²) in [6.07, 6.45) is 4.19. The number of esters is 2. The molecular weight excluding hydrogens is 1880 g/mol. The van der Waals surface area contributed by atoms with Crippen molar-refractivity contribution in [2.24, 2.45) is 70.6 Å². The number of H-pyrrole nitrogens is 4. The third kappa shape index (κ3) is 34.0. The van der Waals surface area contributed by atoms with E-state index in [1.54, 1.807) is 24.3 Å². The summed E-state index contributed by atoms with van der Waals surface area (Å²) >= 11 is 0. The number of nitrogens with zero attached hydrogens (tertiary/aromatic N) is 1. The highest BCUT2D eigenvalue weighted by Crippen LogP contribution is 2.35. The Labute approximate surface area is 810 Å². The number of Topliss-reactive ketones (excluding diaryl/α,β-unsaturated/α-hetero) is 2. The number of primary amides is 1. The van der Waals surface area contributed by atoms with Gasteiger partial charge in [0.2, 0.25) is 53.2 Å². The lowest BCUT2D eigenvalue weighted by Crippen LogP contribution is -2.50. The summed E-state index contributed by atoms with van der Waals surface area (Å²) in [6.45, 7) is 5.47. The van der Waals surface area contributed by atoms with Crippen molar-refractivity contribution in [2.75, 3.05) is 40.4 Å². The highest BCUT2D eigenvalue weighted by Gasteiger charge is 2.39. The Balaban J connectivity index is 0.000000223. The molecule has 772 valence electrons. The maximum atomic E-state index is 13.2. The number of nitriles is 1. The van der Waals surface area contributed by atoms with E-state index in [1.165, 1.54) is 87.0 Å². The second kappa shape index (κ2) is 53.8. The summed E-state index contributed by atoms with van der Waals surface area (Å²) in [5.41, 5.74) is 13.3. The molecule has 12 atom stereocenters. The monoisotopic (exact) mass is 2000 g/mol. The molecule has 0 saturated carbocycles. The molecule has 4 aromatic heterocycles. The number of halogens is 8. The van der Waals surface area contributed by atoms with E-state index in [0.29, 0.717) is 121 Å². The lowest BCUT2D eigenvalue weighted by atomic mass is 9.90. The molecule has 8 aromatic rings. The van der Waals surface area contributed by atoms with Gasteiger partial charge in [0.25, 0.3) is 5.91 Å². The van der Waals surface area contributed by atoms with E-state index >= 15 is 0 Å². The fourth-order valence-electron chi connectivity index (χ4n) is 16.6. The number of benzene rings is 4. The second-order valence-corrected chi connectivity index (χ2v) is 36.1. The van der Waals surface area contributed by atoms with Gasteiger partial charge < -0.3 is 113 Å². The van der Waals surface area contributed by atoms with Gasteiger partial charge in [0.15, 0.2) is 11.6 Å². The average molecular weight is 2000 g/mol. The molecule has 4 fully saturated rings. The number of carboxylic acids is 1. The first kappa shape index (κ1) is 113. The van der Waals surface area contributed by atoms with Crippen LogP contribution in [0.4, 0.5) is 35.1 Å². The normalized spacial score (nSPS) is 17.1. The Morgan fingerprint density at radius 3 is 1.03 bits per heavy atom. The number of nitrogens with two attached hydrogens (primary N) is 2. The van der Waals surface area contributed by atoms with Gasteiger partial charge in [0.1, 0.15) is 64.6 Å². The zero-order chi connectivity index (χ0) is 105. The number of alkyl halides is 8. The molecule has 18 N–H and O–H groups in total. The molecule has 0 spiro atoms. The van der Waals surface area contributed by atoms with Crippen LogP contribution in [0.5, 0.6) is 23.0 Å². The molecule has 4 aromatic carbocycles. The molecule has 4 saturated heterocycles. The van der Waals surface area contributed by atoms with Gasteiger partial charge >= 0.3 is 44.4 Å². The summed E-state index contributed by atoms with van der Waals surface area (Å²) in [7, 11) is 2.46. The number of aromatic nitrogens is 4. The quantitative estimate of drug-likeness (QED) is 0.00958. The Bertz CT molecular complexity index is 5800. The minimum absolute atomic E-state index is 0.0451. The number of carboxylic acid groups (broad SMARTS) is 1. The maximum absolute atomic E-state index is 13.2. The molecule has 12 rings (SSSR count). The summed E-state index contributed by atoms with van der Waals surface area (Å²) in [6, 6.07) is 20.1. The largest absolute Gasteiger partial charge is 0.477 e. The smallest absolute Gasteiger partial charge is 0.387 e. The van der Waals surface area contributed by atoms with Crippen LogP contribution in [-0.4, -0.2) is 217 Å². The second-order valence-electron chi connectivity index (χ2n) is 36.1. The van der Waals surface area contributed by atoms with Crippen molar-refractivity contribution in [3.63, 3.8) is 0 Å². The van der Waals surface area contributed by atoms with E-state index in [-0.39, 0.29) is 149 Å². The first-order valence-electron chi connectivity index (χ1n) is 46.0. The van der Waals surface area contributed by atoms with Crippen LogP contribution in [0.1, 0.15) is 187 Å². The molecular formula is C96H120F8N16O22. The van der Waals surface area contributed by atoms with E-state index in [4.69, 9.17) is 26.0 Å². The summed E-state index contributed by atoms with van der Waals surface area (Å²) in [5.74, 6) is -9.83. The lowest BCUT2D eigenvalue weighted by molar-refractivity contribution is -0.146. The number of nitrogens with one attached hydrogen (secondary N) is 13. The fraction of sp³-hybridized carbons (Fsp3) is 0.500. The number of hydrogen-bond acceptors (Lipinski definition) is 23. The van der Waals surface area contributed by atoms with Crippen molar-refractivity contribution in [2.45, 2.75) is 208 Å². The molecule has 10 amide bonds. The molecule has 0 radical (unpaired) electrons. The Morgan fingerprint density at radius 1 is 0.408 bits per heavy atom. The highest BCUT2D eigenvalue weighted by atomic mass is 19.3. The molecule has 4 aliphatic rings. The maximum Gasteiger partial charge on any atom is 0.387 e. The molecule has 46 heteroatoms. The molecule has 0 aliphatic carbocycles. The number of hydrogen-bond donors (Lipinski definition) is 16. The first-order valence-corrected chi connectivity index (χ1v) is 46.0. The summed E-state index contributed by atoms with van der Waals surface area (Å²) in [5, 5.41) is 43.4. The van der Waals surface area contributed by atoms with Crippen molar-refractivity contribution in [3.8, 4) is 29.1 Å². The average Bonchev–Trinajstić information content (AvgIpc) is 1.67. The van der Waals surface area contributed by atoms with E-state index in [9.17, 15) is 112 Å². The molecule has 142 heavy (non-hydrogen) atoms. The Kier molecular flexibility index (Phi) is 42.8. The van der Waals surface area contributed by atoms with Crippen LogP contribution < -0.4 is 78.3 Å². The van der Waals surface area contributed by atoms with Crippen LogP contribution in [-0.2, 0) is 62.2 Å². The van der Waals surface area contributed by atoms with Gasteiger partial charge in [-0.05, 0) is 174 Å². The van der Waals surface area contributed by atoms with Gasteiger partial charge in [-0.2, -0.15) is 40.4 Å². The Morgan fingerprint density at radius 2 is 0.718 bits per heavy atom. The zero-order valence-corrected chi connectivity index (χ0v) is 79.7. The Hall–Kier alpha value is -14.4. The summed E-state index contributed by atoms with van der Waals surface area (Å²) in [4.78, 5) is 195. The molecule has 38 nitrogen and oxygen atoms in total. The highest BCUT2D eigenvalue weighted by molar-refractivity contribution is 6.05. The number of ether oxygens (including phenoxy) is 6. The van der Waals surface area contributed by atoms with Crippen LogP contribution in [0, 0.1) is 70.5 Å². The van der Waals surface area contributed by atoms with Crippen LogP contribution in [0.15, 0.2) is 97.1 Å². The van der Waals surface area contributed by atoms with Gasteiger partial charge in [-0.3, -0.25) is 57.5 Å². The van der Waals surface area contributed by atoms with Crippen LogP contribution in [0.3, 0.4) is 0 Å².